The smallest absolute Gasteiger partial charge is 0.257 e. The maximum atomic E-state index is 4.72. The molecule has 23 heavy (non-hydrogen) atoms. The molecule has 0 N–H and O–H groups in total. The van der Waals surface area contributed by atoms with Crippen LogP contribution in [0.5, 0.6) is 0 Å². The van der Waals surface area contributed by atoms with Gasteiger partial charge < -0.3 is 0 Å². The van der Waals surface area contributed by atoms with Crippen LogP contribution in [0.1, 0.15) is 28.1 Å². The number of aromatic nitrogens is 3. The van der Waals surface area contributed by atoms with Crippen molar-refractivity contribution >= 4 is 0 Å². The molecule has 0 spiro atoms. The van der Waals surface area contributed by atoms with E-state index in [0.717, 1.165) is 23.5 Å². The second-order valence-corrected chi connectivity index (χ2v) is 6.47. The minimum atomic E-state index is 0.858. The van der Waals surface area contributed by atoms with E-state index in [1.807, 2.05) is 13.3 Å². The Balaban J connectivity index is 1.99. The van der Waals surface area contributed by atoms with E-state index in [1.54, 1.807) is 0 Å². The third-order valence-corrected chi connectivity index (χ3v) is 4.65. The van der Waals surface area contributed by atoms with Crippen LogP contribution in [-0.4, -0.2) is 9.97 Å². The van der Waals surface area contributed by atoms with E-state index in [9.17, 15) is 0 Å². The highest BCUT2D eigenvalue weighted by molar-refractivity contribution is 5.79. The van der Waals surface area contributed by atoms with Crippen molar-refractivity contribution in [3.05, 3.63) is 64.7 Å². The fourth-order valence-corrected chi connectivity index (χ4v) is 3.48. The van der Waals surface area contributed by atoms with Crippen LogP contribution in [-0.2, 0) is 13.5 Å². The lowest BCUT2D eigenvalue weighted by atomic mass is 9.98. The second kappa shape index (κ2) is 4.98. The van der Waals surface area contributed by atoms with Gasteiger partial charge in [-0.2, -0.15) is 0 Å². The molecule has 3 nitrogen and oxygen atoms in total. The second-order valence-electron chi connectivity index (χ2n) is 6.47. The van der Waals surface area contributed by atoms with E-state index in [4.69, 9.17) is 9.97 Å². The van der Waals surface area contributed by atoms with E-state index in [-0.39, 0.29) is 0 Å². The van der Waals surface area contributed by atoms with Crippen LogP contribution in [0.2, 0.25) is 0 Å². The summed E-state index contributed by atoms with van der Waals surface area (Å²) in [6.07, 6.45) is 2.78. The quantitative estimate of drug-likeness (QED) is 0.504. The Kier molecular flexibility index (Phi) is 3.05. The summed E-state index contributed by atoms with van der Waals surface area (Å²) in [5.74, 6) is 0. The maximum absolute atomic E-state index is 4.72. The molecular formula is C20H20N3+. The number of nitrogens with zero attached hydrogens (tertiary/aromatic N) is 3. The first-order chi connectivity index (χ1) is 11.0. The van der Waals surface area contributed by atoms with E-state index in [1.165, 1.54) is 33.5 Å². The number of pyridine rings is 1. The highest BCUT2D eigenvalue weighted by Gasteiger charge is 2.31. The molecule has 3 aromatic rings. The zero-order valence-electron chi connectivity index (χ0n) is 14.0. The number of hydrogen-bond acceptors (Lipinski definition) is 2. The van der Waals surface area contributed by atoms with Gasteiger partial charge >= 0.3 is 0 Å². The lowest BCUT2D eigenvalue weighted by Crippen LogP contribution is -2.33. The standard InChI is InChI=1S/C20H20N3/c1-12-5-6-13(2)16(9-12)20-17-10-18-15(8-7-14(3)22-18)19(17)21-11-23(20)4/h5-9,11H,10H2,1-4H3/q+1. The van der Waals surface area contributed by atoms with Gasteiger partial charge in [0.25, 0.3) is 6.33 Å². The monoisotopic (exact) mass is 302 g/mol. The average molecular weight is 302 g/mol. The summed E-state index contributed by atoms with van der Waals surface area (Å²) in [6, 6.07) is 10.9. The Labute approximate surface area is 136 Å². The van der Waals surface area contributed by atoms with Gasteiger partial charge in [-0.25, -0.2) is 4.57 Å². The first-order valence-electron chi connectivity index (χ1n) is 7.96. The molecule has 0 unspecified atom stereocenters. The van der Waals surface area contributed by atoms with Gasteiger partial charge in [0.05, 0.1) is 18.3 Å². The summed E-state index contributed by atoms with van der Waals surface area (Å²) in [5, 5.41) is 0. The van der Waals surface area contributed by atoms with Gasteiger partial charge in [0.1, 0.15) is 5.69 Å². The van der Waals surface area contributed by atoms with Gasteiger partial charge in [-0.15, -0.1) is 0 Å². The molecule has 0 radical (unpaired) electrons. The van der Waals surface area contributed by atoms with Crippen LogP contribution in [0.4, 0.5) is 0 Å². The van der Waals surface area contributed by atoms with Gasteiger partial charge in [0.15, 0.2) is 5.69 Å². The Morgan fingerprint density at radius 3 is 2.65 bits per heavy atom. The summed E-state index contributed by atoms with van der Waals surface area (Å²) in [4.78, 5) is 9.41. The van der Waals surface area contributed by atoms with Gasteiger partial charge in [-0.1, -0.05) is 17.7 Å². The SMILES string of the molecule is Cc1ccc(C)c(-c2c3c(nc[n+]2C)-c2ccc(C)nc2C3)c1. The molecule has 2 aromatic heterocycles. The number of rotatable bonds is 1. The van der Waals surface area contributed by atoms with Crippen LogP contribution >= 0.6 is 0 Å². The normalized spacial score (nSPS) is 12.2. The van der Waals surface area contributed by atoms with Crippen molar-refractivity contribution in [2.75, 3.05) is 0 Å². The zero-order valence-corrected chi connectivity index (χ0v) is 14.0. The molecule has 0 saturated heterocycles. The fourth-order valence-electron chi connectivity index (χ4n) is 3.48. The summed E-state index contributed by atoms with van der Waals surface area (Å²) in [6.45, 7) is 6.36. The third kappa shape index (κ3) is 2.15. The van der Waals surface area contributed by atoms with Crippen molar-refractivity contribution in [1.29, 1.82) is 0 Å². The largest absolute Gasteiger partial charge is 0.287 e. The molecule has 4 rings (SSSR count). The minimum Gasteiger partial charge on any atom is -0.257 e. The molecule has 0 bridgehead atoms. The first-order valence-corrected chi connectivity index (χ1v) is 7.96. The summed E-state index contributed by atoms with van der Waals surface area (Å²) < 4.78 is 2.14. The Morgan fingerprint density at radius 1 is 1.00 bits per heavy atom. The molecule has 114 valence electrons. The molecule has 1 aromatic carbocycles. The Hall–Kier alpha value is -2.55. The molecule has 0 atom stereocenters. The van der Waals surface area contributed by atoms with Crippen molar-refractivity contribution in [3.63, 3.8) is 0 Å². The number of hydrogen-bond donors (Lipinski definition) is 0. The molecule has 0 aliphatic heterocycles. The van der Waals surface area contributed by atoms with Gasteiger partial charge in [-0.05, 0) is 49.5 Å². The van der Waals surface area contributed by atoms with E-state index in [0.29, 0.717) is 0 Å². The van der Waals surface area contributed by atoms with E-state index in [2.05, 4.69) is 55.8 Å². The van der Waals surface area contributed by atoms with Crippen molar-refractivity contribution in [2.45, 2.75) is 27.2 Å². The van der Waals surface area contributed by atoms with Gasteiger partial charge in [0, 0.05) is 23.2 Å². The predicted molar refractivity (Wildman–Crippen MR) is 91.1 cm³/mol. The highest BCUT2D eigenvalue weighted by Crippen LogP contribution is 2.38. The molecule has 3 heteroatoms. The molecule has 0 amide bonds. The molecule has 1 aliphatic rings. The maximum Gasteiger partial charge on any atom is 0.287 e. The number of aryl methyl sites for hydroxylation is 4. The van der Waals surface area contributed by atoms with Crippen LogP contribution in [0.25, 0.3) is 22.5 Å². The molecule has 0 fully saturated rings. The molecule has 1 aliphatic carbocycles. The van der Waals surface area contributed by atoms with E-state index < -0.39 is 0 Å². The Bertz CT molecular complexity index is 942. The Morgan fingerprint density at radius 2 is 1.83 bits per heavy atom. The highest BCUT2D eigenvalue weighted by atomic mass is 15.0. The average Bonchev–Trinajstić information content (AvgIpc) is 2.87. The predicted octanol–water partition coefficient (Wildman–Crippen LogP) is 3.46. The van der Waals surface area contributed by atoms with E-state index >= 15 is 0 Å². The zero-order chi connectivity index (χ0) is 16.1. The molecule has 2 heterocycles. The fraction of sp³-hybridized carbons (Fsp3) is 0.250. The number of fused-ring (bicyclic) bond motifs is 3. The third-order valence-electron chi connectivity index (χ3n) is 4.65. The van der Waals surface area contributed by atoms with Gasteiger partial charge in [0.2, 0.25) is 0 Å². The lowest BCUT2D eigenvalue weighted by molar-refractivity contribution is -0.663. The summed E-state index contributed by atoms with van der Waals surface area (Å²) in [5.41, 5.74) is 10.9. The van der Waals surface area contributed by atoms with Crippen molar-refractivity contribution in [1.82, 2.24) is 9.97 Å². The topological polar surface area (TPSA) is 29.7 Å². The first kappa shape index (κ1) is 14.1. The summed E-state index contributed by atoms with van der Waals surface area (Å²) in [7, 11) is 2.08. The summed E-state index contributed by atoms with van der Waals surface area (Å²) >= 11 is 0. The minimum absolute atomic E-state index is 0.858. The molecule has 0 saturated carbocycles. The van der Waals surface area contributed by atoms with Crippen LogP contribution in [0, 0.1) is 20.8 Å². The van der Waals surface area contributed by atoms with Crippen molar-refractivity contribution in [2.24, 2.45) is 7.05 Å². The van der Waals surface area contributed by atoms with Crippen molar-refractivity contribution < 1.29 is 4.57 Å². The molecular weight excluding hydrogens is 282 g/mol. The van der Waals surface area contributed by atoms with Crippen LogP contribution in [0.15, 0.2) is 36.7 Å². The van der Waals surface area contributed by atoms with Crippen LogP contribution < -0.4 is 4.57 Å². The van der Waals surface area contributed by atoms with Gasteiger partial charge in [-0.3, -0.25) is 4.98 Å². The number of benzene rings is 1. The lowest BCUT2D eigenvalue weighted by Gasteiger charge is -2.10. The van der Waals surface area contributed by atoms with Crippen LogP contribution in [0.3, 0.4) is 0 Å². The van der Waals surface area contributed by atoms with Crippen molar-refractivity contribution in [3.8, 4) is 22.5 Å².